The number of hydrogen-bond donors (Lipinski definition) is 0. The molecule has 0 aliphatic heterocycles. The number of aryl methyl sites for hydroxylation is 1. The Morgan fingerprint density at radius 2 is 2.25 bits per heavy atom. The van der Waals surface area contributed by atoms with Crippen molar-refractivity contribution in [2.24, 2.45) is 0 Å². The quantitative estimate of drug-likeness (QED) is 0.709. The van der Waals surface area contributed by atoms with Gasteiger partial charge < -0.3 is 0 Å². The van der Waals surface area contributed by atoms with Crippen LogP contribution >= 0.6 is 11.3 Å². The molecule has 0 aliphatic carbocycles. The fourth-order valence-electron chi connectivity index (χ4n) is 0.884. The van der Waals surface area contributed by atoms with Crippen LogP contribution in [0, 0.1) is 0 Å². The lowest BCUT2D eigenvalue weighted by Gasteiger charge is -1.93. The van der Waals surface area contributed by atoms with Crippen LogP contribution in [0.4, 0.5) is 3.89 Å². The molecule has 12 heavy (non-hydrogen) atoms. The van der Waals surface area contributed by atoms with E-state index in [1.807, 2.05) is 16.8 Å². The van der Waals surface area contributed by atoms with Crippen molar-refractivity contribution in [1.29, 1.82) is 0 Å². The highest BCUT2D eigenvalue weighted by molar-refractivity contribution is 7.86. The van der Waals surface area contributed by atoms with Crippen molar-refractivity contribution < 1.29 is 12.3 Å². The molecule has 0 saturated carbocycles. The average molecular weight is 208 g/mol. The Labute approximate surface area is 75.3 Å². The predicted molar refractivity (Wildman–Crippen MR) is 47.5 cm³/mol. The van der Waals surface area contributed by atoms with Crippen molar-refractivity contribution in [2.45, 2.75) is 12.8 Å². The maximum atomic E-state index is 12.0. The molecule has 0 N–H and O–H groups in total. The number of halogens is 1. The Morgan fingerprint density at radius 1 is 1.50 bits per heavy atom. The third kappa shape index (κ3) is 3.82. The molecule has 0 aromatic carbocycles. The molecule has 2 nitrogen and oxygen atoms in total. The SMILES string of the molecule is O=S(=O)(F)CCCc1ccsc1. The Hall–Kier alpha value is -0.420. The predicted octanol–water partition coefficient (Wildman–Crippen LogP) is 1.98. The molecule has 0 fully saturated rings. The lowest BCUT2D eigenvalue weighted by atomic mass is 10.2. The van der Waals surface area contributed by atoms with E-state index in [0.29, 0.717) is 12.8 Å². The van der Waals surface area contributed by atoms with Crippen LogP contribution in [0.2, 0.25) is 0 Å². The summed E-state index contributed by atoms with van der Waals surface area (Å²) in [4.78, 5) is 0. The number of rotatable bonds is 4. The second-order valence-corrected chi connectivity index (χ2v) is 4.74. The highest BCUT2D eigenvalue weighted by Gasteiger charge is 2.05. The molecule has 1 rings (SSSR count). The van der Waals surface area contributed by atoms with Gasteiger partial charge in [-0.25, -0.2) is 0 Å². The van der Waals surface area contributed by atoms with Crippen molar-refractivity contribution >= 4 is 21.6 Å². The van der Waals surface area contributed by atoms with E-state index >= 15 is 0 Å². The Balaban J connectivity index is 2.29. The van der Waals surface area contributed by atoms with Gasteiger partial charge in [-0.05, 0) is 35.2 Å². The molecule has 68 valence electrons. The first-order chi connectivity index (χ1) is 5.58. The van der Waals surface area contributed by atoms with Gasteiger partial charge in [0.05, 0.1) is 5.75 Å². The summed E-state index contributed by atoms with van der Waals surface area (Å²) >= 11 is 1.55. The van der Waals surface area contributed by atoms with E-state index in [2.05, 4.69) is 0 Å². The molecular formula is C7H9FO2S2. The summed E-state index contributed by atoms with van der Waals surface area (Å²) in [5, 5.41) is 3.85. The van der Waals surface area contributed by atoms with E-state index in [1.165, 1.54) is 0 Å². The van der Waals surface area contributed by atoms with Crippen LogP contribution < -0.4 is 0 Å². The molecule has 0 aliphatic rings. The monoisotopic (exact) mass is 208 g/mol. The molecular weight excluding hydrogens is 199 g/mol. The van der Waals surface area contributed by atoms with E-state index in [4.69, 9.17) is 0 Å². The maximum Gasteiger partial charge on any atom is 0.302 e. The Bertz CT molecular complexity index is 315. The zero-order valence-corrected chi connectivity index (χ0v) is 8.00. The van der Waals surface area contributed by atoms with E-state index in [-0.39, 0.29) is 5.75 Å². The zero-order chi connectivity index (χ0) is 9.03. The minimum Gasteiger partial charge on any atom is -0.195 e. The number of hydrogen-bond acceptors (Lipinski definition) is 3. The lowest BCUT2D eigenvalue weighted by Crippen LogP contribution is -1.99. The van der Waals surface area contributed by atoms with E-state index in [0.717, 1.165) is 5.56 Å². The average Bonchev–Trinajstić information content (AvgIpc) is 2.36. The summed E-state index contributed by atoms with van der Waals surface area (Å²) in [6.45, 7) is 0. The van der Waals surface area contributed by atoms with E-state index in [1.54, 1.807) is 11.3 Å². The van der Waals surface area contributed by atoms with Crippen molar-refractivity contribution in [3.05, 3.63) is 22.4 Å². The van der Waals surface area contributed by atoms with E-state index in [9.17, 15) is 12.3 Å². The number of thiophene rings is 1. The summed E-state index contributed by atoms with van der Waals surface area (Å²) < 4.78 is 32.2. The summed E-state index contributed by atoms with van der Waals surface area (Å²) in [5.74, 6) is -0.372. The summed E-state index contributed by atoms with van der Waals surface area (Å²) in [6.07, 6.45) is 0.988. The smallest absolute Gasteiger partial charge is 0.195 e. The highest BCUT2D eigenvalue weighted by atomic mass is 32.3. The molecule has 0 amide bonds. The minimum absolute atomic E-state index is 0.357. The second-order valence-electron chi connectivity index (χ2n) is 2.48. The van der Waals surface area contributed by atoms with Crippen molar-refractivity contribution in [3.8, 4) is 0 Å². The summed E-state index contributed by atoms with van der Waals surface area (Å²) in [7, 11) is -4.27. The first-order valence-electron chi connectivity index (χ1n) is 3.51. The third-order valence-corrected chi connectivity index (χ3v) is 2.94. The van der Waals surface area contributed by atoms with Gasteiger partial charge in [0.25, 0.3) is 0 Å². The topological polar surface area (TPSA) is 34.1 Å². The van der Waals surface area contributed by atoms with Gasteiger partial charge in [-0.3, -0.25) is 0 Å². The summed E-state index contributed by atoms with van der Waals surface area (Å²) in [5.41, 5.74) is 1.07. The molecule has 0 saturated heterocycles. The second kappa shape index (κ2) is 4.00. The molecule has 1 aromatic rings. The first kappa shape index (κ1) is 9.67. The molecule has 1 aromatic heterocycles. The third-order valence-electron chi connectivity index (χ3n) is 1.43. The van der Waals surface area contributed by atoms with Gasteiger partial charge >= 0.3 is 10.2 Å². The standard InChI is InChI=1S/C7H9FO2S2/c8-12(9,10)5-1-2-7-3-4-11-6-7/h3-4,6H,1-2,5H2. The zero-order valence-electron chi connectivity index (χ0n) is 6.36. The van der Waals surface area contributed by atoms with Crippen LogP contribution in [0.5, 0.6) is 0 Å². The molecule has 0 unspecified atom stereocenters. The van der Waals surface area contributed by atoms with Crippen LogP contribution in [-0.4, -0.2) is 14.2 Å². The Morgan fingerprint density at radius 3 is 2.75 bits per heavy atom. The molecule has 0 spiro atoms. The molecule has 0 bridgehead atoms. The summed E-state index contributed by atoms with van der Waals surface area (Å²) in [6, 6.07) is 1.91. The van der Waals surface area contributed by atoms with Gasteiger partial charge in [0.15, 0.2) is 0 Å². The van der Waals surface area contributed by atoms with Crippen LogP contribution in [-0.2, 0) is 16.6 Å². The van der Waals surface area contributed by atoms with Crippen LogP contribution in [0.25, 0.3) is 0 Å². The molecule has 1 heterocycles. The molecule has 5 heteroatoms. The molecule has 0 radical (unpaired) electrons. The van der Waals surface area contributed by atoms with Gasteiger partial charge in [0, 0.05) is 0 Å². The van der Waals surface area contributed by atoms with Crippen molar-refractivity contribution in [2.75, 3.05) is 5.75 Å². The van der Waals surface area contributed by atoms with Crippen LogP contribution in [0.3, 0.4) is 0 Å². The van der Waals surface area contributed by atoms with E-state index < -0.39 is 10.2 Å². The van der Waals surface area contributed by atoms with Gasteiger partial charge in [-0.1, -0.05) is 0 Å². The maximum absolute atomic E-state index is 12.0. The fraction of sp³-hybridized carbons (Fsp3) is 0.429. The normalized spacial score (nSPS) is 11.8. The van der Waals surface area contributed by atoms with Crippen LogP contribution in [0.1, 0.15) is 12.0 Å². The van der Waals surface area contributed by atoms with Crippen molar-refractivity contribution in [1.82, 2.24) is 0 Å². The van der Waals surface area contributed by atoms with Gasteiger partial charge in [-0.15, -0.1) is 3.89 Å². The fourth-order valence-corrected chi connectivity index (χ4v) is 2.08. The van der Waals surface area contributed by atoms with Crippen LogP contribution in [0.15, 0.2) is 16.8 Å². The van der Waals surface area contributed by atoms with Crippen molar-refractivity contribution in [3.63, 3.8) is 0 Å². The van der Waals surface area contributed by atoms with Gasteiger partial charge in [0.2, 0.25) is 0 Å². The van der Waals surface area contributed by atoms with Gasteiger partial charge in [-0.2, -0.15) is 19.8 Å². The minimum atomic E-state index is -4.27. The Kier molecular flexibility index (Phi) is 3.22. The lowest BCUT2D eigenvalue weighted by molar-refractivity contribution is 0.549. The first-order valence-corrected chi connectivity index (χ1v) is 6.01. The van der Waals surface area contributed by atoms with Gasteiger partial charge in [0.1, 0.15) is 0 Å². The molecule has 0 atom stereocenters. The largest absolute Gasteiger partial charge is 0.302 e. The highest BCUT2D eigenvalue weighted by Crippen LogP contribution is 2.09.